The molecule has 2 atom stereocenters. The third-order valence-corrected chi connectivity index (χ3v) is 2.86. The van der Waals surface area contributed by atoms with Crippen molar-refractivity contribution in [1.29, 1.82) is 5.26 Å². The number of benzene rings is 1. The molecule has 0 spiro atoms. The molecule has 5 heteroatoms. The topological polar surface area (TPSA) is 72.2 Å². The minimum absolute atomic E-state index is 0.138. The van der Waals surface area contributed by atoms with Crippen LogP contribution in [0.25, 0.3) is 0 Å². The molecular formula is C15H15FN2O2. The van der Waals surface area contributed by atoms with Gasteiger partial charge in [0, 0.05) is 6.04 Å². The maximum atomic E-state index is 13.6. The summed E-state index contributed by atoms with van der Waals surface area (Å²) >= 11 is 0. The second kappa shape index (κ2) is 5.76. The van der Waals surface area contributed by atoms with Crippen molar-refractivity contribution in [2.75, 3.05) is 0 Å². The van der Waals surface area contributed by atoms with Gasteiger partial charge in [-0.3, -0.25) is 0 Å². The molecular weight excluding hydrogens is 259 g/mol. The summed E-state index contributed by atoms with van der Waals surface area (Å²) in [5.41, 5.74) is 5.76. The van der Waals surface area contributed by atoms with E-state index in [9.17, 15) is 4.39 Å². The van der Waals surface area contributed by atoms with E-state index in [1.54, 1.807) is 25.1 Å². The molecule has 104 valence electrons. The van der Waals surface area contributed by atoms with E-state index in [2.05, 4.69) is 0 Å². The first-order valence-electron chi connectivity index (χ1n) is 6.20. The molecule has 0 radical (unpaired) electrons. The van der Waals surface area contributed by atoms with Crippen LogP contribution in [0.1, 0.15) is 30.1 Å². The lowest BCUT2D eigenvalue weighted by Gasteiger charge is -2.21. The summed E-state index contributed by atoms with van der Waals surface area (Å²) in [7, 11) is 0. The highest BCUT2D eigenvalue weighted by Crippen LogP contribution is 2.29. The number of furan rings is 1. The van der Waals surface area contributed by atoms with Crippen LogP contribution in [0.4, 0.5) is 4.39 Å². The summed E-state index contributed by atoms with van der Waals surface area (Å²) < 4.78 is 24.7. The van der Waals surface area contributed by atoms with Crippen molar-refractivity contribution in [1.82, 2.24) is 0 Å². The highest BCUT2D eigenvalue weighted by atomic mass is 19.1. The number of hydrogen-bond acceptors (Lipinski definition) is 4. The Morgan fingerprint density at radius 3 is 2.65 bits per heavy atom. The molecule has 1 heterocycles. The number of nitrogens with zero attached hydrogens (tertiary/aromatic N) is 1. The molecule has 2 N–H and O–H groups in total. The predicted molar refractivity (Wildman–Crippen MR) is 71.6 cm³/mol. The molecule has 20 heavy (non-hydrogen) atoms. The van der Waals surface area contributed by atoms with E-state index < -0.39 is 11.9 Å². The van der Waals surface area contributed by atoms with E-state index in [0.29, 0.717) is 5.76 Å². The average Bonchev–Trinajstić information content (AvgIpc) is 2.82. The maximum Gasteiger partial charge on any atom is 0.171 e. The predicted octanol–water partition coefficient (Wildman–Crippen LogP) is 3.07. The minimum Gasteiger partial charge on any atom is -0.479 e. The molecule has 0 fully saturated rings. The summed E-state index contributed by atoms with van der Waals surface area (Å²) in [5, 5.41) is 9.00. The Labute approximate surface area is 116 Å². The highest BCUT2D eigenvalue weighted by Gasteiger charge is 2.23. The van der Waals surface area contributed by atoms with E-state index in [1.165, 1.54) is 18.2 Å². The summed E-state index contributed by atoms with van der Waals surface area (Å²) in [6, 6.07) is 9.20. The smallest absolute Gasteiger partial charge is 0.171 e. The fourth-order valence-corrected chi connectivity index (χ4v) is 1.88. The lowest BCUT2D eigenvalue weighted by atomic mass is 10.1. The number of nitrogens with two attached hydrogens (primary N) is 1. The van der Waals surface area contributed by atoms with Gasteiger partial charge in [0.25, 0.3) is 0 Å². The van der Waals surface area contributed by atoms with Gasteiger partial charge in [0.05, 0.1) is 0 Å². The van der Waals surface area contributed by atoms with Gasteiger partial charge < -0.3 is 14.9 Å². The Morgan fingerprint density at radius 2 is 2.10 bits per heavy atom. The van der Waals surface area contributed by atoms with Crippen LogP contribution in [-0.2, 0) is 0 Å². The lowest BCUT2D eigenvalue weighted by molar-refractivity contribution is 0.151. The summed E-state index contributed by atoms with van der Waals surface area (Å²) in [4.78, 5) is 0. The minimum atomic E-state index is -0.621. The first-order valence-corrected chi connectivity index (χ1v) is 6.20. The Kier molecular flexibility index (Phi) is 4.06. The SMILES string of the molecule is Cc1ccc(C(Oc2cccc(F)c2C#N)C(C)N)o1. The zero-order valence-electron chi connectivity index (χ0n) is 11.3. The van der Waals surface area contributed by atoms with Gasteiger partial charge in [-0.15, -0.1) is 0 Å². The van der Waals surface area contributed by atoms with Crippen LogP contribution in [0, 0.1) is 24.1 Å². The van der Waals surface area contributed by atoms with Crippen molar-refractivity contribution in [2.24, 2.45) is 5.73 Å². The van der Waals surface area contributed by atoms with Gasteiger partial charge >= 0.3 is 0 Å². The molecule has 2 unspecified atom stereocenters. The van der Waals surface area contributed by atoms with Crippen LogP contribution >= 0.6 is 0 Å². The van der Waals surface area contributed by atoms with E-state index in [-0.39, 0.29) is 17.4 Å². The molecule has 0 saturated heterocycles. The fraction of sp³-hybridized carbons (Fsp3) is 0.267. The van der Waals surface area contributed by atoms with Crippen molar-refractivity contribution in [3.05, 3.63) is 53.2 Å². The van der Waals surface area contributed by atoms with Crippen molar-refractivity contribution >= 4 is 0 Å². The second-order valence-electron chi connectivity index (χ2n) is 4.57. The number of halogens is 1. The molecule has 4 nitrogen and oxygen atoms in total. The van der Waals surface area contributed by atoms with Gasteiger partial charge in [-0.1, -0.05) is 6.07 Å². The average molecular weight is 274 g/mol. The van der Waals surface area contributed by atoms with Crippen LogP contribution < -0.4 is 10.5 Å². The largest absolute Gasteiger partial charge is 0.479 e. The Morgan fingerprint density at radius 1 is 1.35 bits per heavy atom. The molecule has 1 aromatic heterocycles. The summed E-state index contributed by atoms with van der Waals surface area (Å²) in [5.74, 6) is 0.813. The van der Waals surface area contributed by atoms with Gasteiger partial charge in [0.2, 0.25) is 0 Å². The lowest BCUT2D eigenvalue weighted by Crippen LogP contribution is -2.29. The third kappa shape index (κ3) is 2.81. The van der Waals surface area contributed by atoms with E-state index in [4.69, 9.17) is 20.1 Å². The first-order chi connectivity index (χ1) is 9.52. The molecule has 2 rings (SSSR count). The molecule has 1 aromatic carbocycles. The number of hydrogen-bond donors (Lipinski definition) is 1. The maximum absolute atomic E-state index is 13.6. The normalized spacial score (nSPS) is 13.6. The van der Waals surface area contributed by atoms with Gasteiger partial charge in [-0.05, 0) is 38.1 Å². The third-order valence-electron chi connectivity index (χ3n) is 2.86. The quantitative estimate of drug-likeness (QED) is 0.930. The number of rotatable bonds is 4. The molecule has 0 aliphatic carbocycles. The van der Waals surface area contributed by atoms with Gasteiger partial charge in [-0.25, -0.2) is 4.39 Å². The molecule has 0 aliphatic heterocycles. The molecule has 0 amide bonds. The fourth-order valence-electron chi connectivity index (χ4n) is 1.88. The zero-order valence-corrected chi connectivity index (χ0v) is 11.3. The zero-order chi connectivity index (χ0) is 14.7. The van der Waals surface area contributed by atoms with E-state index in [0.717, 1.165) is 5.76 Å². The monoisotopic (exact) mass is 274 g/mol. The van der Waals surface area contributed by atoms with Crippen LogP contribution in [0.5, 0.6) is 5.75 Å². The molecule has 0 saturated carbocycles. The Bertz CT molecular complexity index is 644. The van der Waals surface area contributed by atoms with Gasteiger partial charge in [0.15, 0.2) is 6.10 Å². The number of ether oxygens (including phenoxy) is 1. The highest BCUT2D eigenvalue weighted by molar-refractivity contribution is 5.44. The standard InChI is InChI=1S/C15H15FN2O2/c1-9-6-7-14(19-9)15(10(2)18)20-13-5-3-4-12(16)11(13)8-17/h3-7,10,15H,18H2,1-2H3. The van der Waals surface area contributed by atoms with E-state index >= 15 is 0 Å². The van der Waals surface area contributed by atoms with Crippen molar-refractivity contribution in [3.8, 4) is 11.8 Å². The second-order valence-corrected chi connectivity index (χ2v) is 4.57. The van der Waals surface area contributed by atoms with E-state index in [1.807, 2.05) is 6.92 Å². The van der Waals surface area contributed by atoms with Crippen LogP contribution in [0.2, 0.25) is 0 Å². The molecule has 0 aliphatic rings. The number of aryl methyl sites for hydroxylation is 1. The number of nitriles is 1. The van der Waals surface area contributed by atoms with Crippen molar-refractivity contribution in [3.63, 3.8) is 0 Å². The van der Waals surface area contributed by atoms with Crippen LogP contribution in [0.15, 0.2) is 34.7 Å². The molecule has 2 aromatic rings. The van der Waals surface area contributed by atoms with Crippen LogP contribution in [0.3, 0.4) is 0 Å². The first kappa shape index (κ1) is 14.1. The van der Waals surface area contributed by atoms with Gasteiger partial charge in [0.1, 0.15) is 34.7 Å². The Hall–Kier alpha value is -2.32. The molecule has 0 bridgehead atoms. The van der Waals surface area contributed by atoms with Crippen molar-refractivity contribution in [2.45, 2.75) is 26.0 Å². The summed E-state index contributed by atoms with van der Waals surface area (Å²) in [6.45, 7) is 3.57. The summed E-state index contributed by atoms with van der Waals surface area (Å²) in [6.07, 6.45) is -0.586. The van der Waals surface area contributed by atoms with Crippen LogP contribution in [-0.4, -0.2) is 6.04 Å². The van der Waals surface area contributed by atoms with Crippen molar-refractivity contribution < 1.29 is 13.5 Å². The Balaban J connectivity index is 2.35. The van der Waals surface area contributed by atoms with Gasteiger partial charge in [-0.2, -0.15) is 5.26 Å².